The fraction of sp³-hybridized carbons (Fsp3) is 0.350. The maximum Gasteiger partial charge on any atom is 0.306 e. The molecule has 1 aliphatic rings. The number of fused-ring (bicyclic) bond motifs is 1. The van der Waals surface area contributed by atoms with Crippen molar-refractivity contribution < 1.29 is 36.3 Å². The summed E-state index contributed by atoms with van der Waals surface area (Å²) in [7, 11) is -0.775. The zero-order chi connectivity index (χ0) is 21.7. The van der Waals surface area contributed by atoms with Gasteiger partial charge in [0.2, 0.25) is 6.79 Å². The summed E-state index contributed by atoms with van der Waals surface area (Å²) in [5.74, 6) is 1.20. The van der Waals surface area contributed by atoms with Crippen LogP contribution in [0.15, 0.2) is 36.4 Å². The molecule has 9 nitrogen and oxygen atoms in total. The largest absolute Gasteiger partial charge is 0.493 e. The predicted molar refractivity (Wildman–Crippen MR) is 108 cm³/mol. The maximum absolute atomic E-state index is 13.1. The lowest BCUT2D eigenvalue weighted by Gasteiger charge is -2.23. The lowest BCUT2D eigenvalue weighted by Crippen LogP contribution is -2.33. The van der Waals surface area contributed by atoms with Gasteiger partial charge in [0.1, 0.15) is 0 Å². The van der Waals surface area contributed by atoms with Crippen molar-refractivity contribution in [3.63, 3.8) is 0 Å². The summed E-state index contributed by atoms with van der Waals surface area (Å²) < 4.78 is 49.0. The second-order valence-corrected chi connectivity index (χ2v) is 8.14. The summed E-state index contributed by atoms with van der Waals surface area (Å²) in [6.07, 6.45) is 0.952. The molecule has 1 heterocycles. The Balaban J connectivity index is 1.85. The standard InChI is InChI=1S/C20H23NO8S/c1-25-9-8-21(20(22)15-5-7-17-18(11-15)28-13-27-17)12-14-4-6-16(26-2)19(10-14)29-30(3,23)24/h4-7,10-11H,8-9,12-13H2,1-3H3. The first kappa shape index (κ1) is 21.7. The van der Waals surface area contributed by atoms with Crippen LogP contribution in [-0.2, 0) is 21.4 Å². The highest BCUT2D eigenvalue weighted by molar-refractivity contribution is 7.86. The molecule has 0 fully saturated rings. The van der Waals surface area contributed by atoms with Gasteiger partial charge in [0, 0.05) is 25.8 Å². The zero-order valence-corrected chi connectivity index (χ0v) is 17.7. The molecule has 30 heavy (non-hydrogen) atoms. The number of carbonyl (C=O) groups is 1. The Kier molecular flexibility index (Phi) is 6.68. The van der Waals surface area contributed by atoms with Gasteiger partial charge in [0.05, 0.1) is 20.0 Å². The molecule has 1 aliphatic heterocycles. The van der Waals surface area contributed by atoms with E-state index in [-0.39, 0.29) is 30.7 Å². The summed E-state index contributed by atoms with van der Waals surface area (Å²) >= 11 is 0. The van der Waals surface area contributed by atoms with Crippen molar-refractivity contribution >= 4 is 16.0 Å². The second-order valence-electron chi connectivity index (χ2n) is 6.56. The molecule has 3 rings (SSSR count). The van der Waals surface area contributed by atoms with Gasteiger partial charge >= 0.3 is 10.1 Å². The Bertz CT molecular complexity index is 1020. The number of ether oxygens (including phenoxy) is 4. The first-order valence-electron chi connectivity index (χ1n) is 9.05. The Hall–Kier alpha value is -2.98. The summed E-state index contributed by atoms with van der Waals surface area (Å²) in [5.41, 5.74) is 1.11. The number of methoxy groups -OCH3 is 2. The molecule has 2 aromatic carbocycles. The van der Waals surface area contributed by atoms with Crippen LogP contribution in [0.2, 0.25) is 0 Å². The highest BCUT2D eigenvalue weighted by Crippen LogP contribution is 2.33. The molecule has 0 aromatic heterocycles. The minimum Gasteiger partial charge on any atom is -0.493 e. The number of amides is 1. The van der Waals surface area contributed by atoms with Crippen LogP contribution < -0.4 is 18.4 Å². The van der Waals surface area contributed by atoms with E-state index >= 15 is 0 Å². The van der Waals surface area contributed by atoms with E-state index in [1.807, 2.05) is 0 Å². The number of rotatable bonds is 9. The van der Waals surface area contributed by atoms with Crippen LogP contribution in [0, 0.1) is 0 Å². The topological polar surface area (TPSA) is 101 Å². The Morgan fingerprint density at radius 3 is 2.53 bits per heavy atom. The average Bonchev–Trinajstić information content (AvgIpc) is 3.17. The third kappa shape index (κ3) is 5.33. The van der Waals surface area contributed by atoms with Gasteiger partial charge in [0.15, 0.2) is 23.0 Å². The quantitative estimate of drug-likeness (QED) is 0.550. The van der Waals surface area contributed by atoms with Gasteiger partial charge in [-0.2, -0.15) is 8.42 Å². The second kappa shape index (κ2) is 9.23. The van der Waals surface area contributed by atoms with Crippen LogP contribution in [0.3, 0.4) is 0 Å². The summed E-state index contributed by atoms with van der Waals surface area (Å²) in [5, 5.41) is 0. The van der Waals surface area contributed by atoms with E-state index in [1.54, 1.807) is 42.3 Å². The fourth-order valence-electron chi connectivity index (χ4n) is 2.93. The predicted octanol–water partition coefficient (Wildman–Crippen LogP) is 2.05. The highest BCUT2D eigenvalue weighted by atomic mass is 32.2. The minimum atomic E-state index is -3.74. The summed E-state index contributed by atoms with van der Waals surface area (Å²) in [6, 6.07) is 9.86. The van der Waals surface area contributed by atoms with Crippen LogP contribution in [-0.4, -0.2) is 59.6 Å². The van der Waals surface area contributed by atoms with E-state index in [2.05, 4.69) is 0 Å². The molecule has 0 aliphatic carbocycles. The average molecular weight is 437 g/mol. The molecule has 0 bridgehead atoms. The van der Waals surface area contributed by atoms with Crippen molar-refractivity contribution in [1.29, 1.82) is 0 Å². The van der Waals surface area contributed by atoms with Gasteiger partial charge in [-0.3, -0.25) is 4.79 Å². The smallest absolute Gasteiger partial charge is 0.306 e. The van der Waals surface area contributed by atoms with Gasteiger partial charge < -0.3 is 28.0 Å². The molecule has 0 unspecified atom stereocenters. The lowest BCUT2D eigenvalue weighted by molar-refractivity contribution is 0.0680. The number of hydrogen-bond acceptors (Lipinski definition) is 8. The molecule has 162 valence electrons. The van der Waals surface area contributed by atoms with Gasteiger partial charge in [-0.15, -0.1) is 0 Å². The Morgan fingerprint density at radius 1 is 1.07 bits per heavy atom. The van der Waals surface area contributed by atoms with E-state index in [0.29, 0.717) is 35.8 Å². The summed E-state index contributed by atoms with van der Waals surface area (Å²) in [6.45, 7) is 0.993. The molecular weight excluding hydrogens is 414 g/mol. The van der Waals surface area contributed by atoms with E-state index in [0.717, 1.165) is 6.26 Å². The van der Waals surface area contributed by atoms with Crippen molar-refractivity contribution in [2.45, 2.75) is 6.54 Å². The van der Waals surface area contributed by atoms with Crippen LogP contribution in [0.4, 0.5) is 0 Å². The summed E-state index contributed by atoms with van der Waals surface area (Å²) in [4.78, 5) is 14.7. The normalized spacial score (nSPS) is 12.5. The first-order valence-corrected chi connectivity index (χ1v) is 10.9. The minimum absolute atomic E-state index is 0.0553. The molecule has 2 aromatic rings. The third-order valence-corrected chi connectivity index (χ3v) is 4.80. The van der Waals surface area contributed by atoms with E-state index < -0.39 is 10.1 Å². The van der Waals surface area contributed by atoms with Gasteiger partial charge in [0.25, 0.3) is 5.91 Å². The number of nitrogens with zero attached hydrogens (tertiary/aromatic N) is 1. The molecule has 0 saturated carbocycles. The molecule has 0 spiro atoms. The molecule has 0 saturated heterocycles. The Morgan fingerprint density at radius 2 is 1.83 bits per heavy atom. The zero-order valence-electron chi connectivity index (χ0n) is 16.9. The molecule has 1 amide bonds. The molecule has 0 radical (unpaired) electrons. The van der Waals surface area contributed by atoms with Gasteiger partial charge in [-0.25, -0.2) is 0 Å². The van der Waals surface area contributed by atoms with E-state index in [1.165, 1.54) is 13.2 Å². The monoisotopic (exact) mass is 437 g/mol. The van der Waals surface area contributed by atoms with Gasteiger partial charge in [-0.05, 0) is 35.9 Å². The van der Waals surface area contributed by atoms with Crippen molar-refractivity contribution in [3.05, 3.63) is 47.5 Å². The third-order valence-electron chi connectivity index (χ3n) is 4.31. The van der Waals surface area contributed by atoms with Crippen LogP contribution in [0.1, 0.15) is 15.9 Å². The molecule has 10 heteroatoms. The molecular formula is C20H23NO8S. The SMILES string of the molecule is COCCN(Cc1ccc(OC)c(OS(C)(=O)=O)c1)C(=O)c1ccc2c(c1)OCO2. The van der Waals surface area contributed by atoms with Gasteiger partial charge in [-0.1, -0.05) is 6.07 Å². The highest BCUT2D eigenvalue weighted by Gasteiger charge is 2.21. The molecule has 0 N–H and O–H groups in total. The van der Waals surface area contributed by atoms with Crippen LogP contribution >= 0.6 is 0 Å². The number of carbonyl (C=O) groups excluding carboxylic acids is 1. The van der Waals surface area contributed by atoms with Crippen LogP contribution in [0.25, 0.3) is 0 Å². The van der Waals surface area contributed by atoms with Crippen molar-refractivity contribution in [3.8, 4) is 23.0 Å². The number of hydrogen-bond donors (Lipinski definition) is 0. The first-order chi connectivity index (χ1) is 14.3. The Labute approximate surface area is 175 Å². The lowest BCUT2D eigenvalue weighted by atomic mass is 10.1. The molecule has 0 atom stereocenters. The van der Waals surface area contributed by atoms with Crippen molar-refractivity contribution in [2.24, 2.45) is 0 Å². The van der Waals surface area contributed by atoms with E-state index in [4.69, 9.17) is 23.1 Å². The van der Waals surface area contributed by atoms with Crippen molar-refractivity contribution in [1.82, 2.24) is 4.90 Å². The number of benzene rings is 2. The maximum atomic E-state index is 13.1. The van der Waals surface area contributed by atoms with E-state index in [9.17, 15) is 13.2 Å². The van der Waals surface area contributed by atoms with Crippen LogP contribution in [0.5, 0.6) is 23.0 Å². The van der Waals surface area contributed by atoms with Crippen molar-refractivity contribution in [2.75, 3.05) is 40.4 Å². The fourth-order valence-corrected chi connectivity index (χ4v) is 3.39.